The van der Waals surface area contributed by atoms with Gasteiger partial charge in [0, 0.05) is 30.6 Å². The van der Waals surface area contributed by atoms with Gasteiger partial charge >= 0.3 is 5.97 Å². The van der Waals surface area contributed by atoms with Crippen molar-refractivity contribution in [2.24, 2.45) is 0 Å². The number of nitrogens with two attached hydrogens (primary N) is 1. The molecule has 2 atom stereocenters. The number of anilines is 2. The van der Waals surface area contributed by atoms with E-state index >= 15 is 0 Å². The summed E-state index contributed by atoms with van der Waals surface area (Å²) in [5, 5.41) is 0. The van der Waals surface area contributed by atoms with Crippen molar-refractivity contribution in [3.63, 3.8) is 0 Å². The van der Waals surface area contributed by atoms with Gasteiger partial charge in [-0.3, -0.25) is 9.00 Å². The third kappa shape index (κ3) is 5.39. The zero-order valence-corrected chi connectivity index (χ0v) is 14.3. The molecular formula is C14H21N4O5S-. The van der Waals surface area contributed by atoms with Gasteiger partial charge in [-0.05, 0) is 12.8 Å². The van der Waals surface area contributed by atoms with E-state index in [4.69, 9.17) is 10.5 Å². The quantitative estimate of drug-likeness (QED) is 0.489. The summed E-state index contributed by atoms with van der Waals surface area (Å²) in [6.07, 6.45) is 2.88. The molecule has 1 aliphatic rings. The Morgan fingerprint density at radius 3 is 3.08 bits per heavy atom. The van der Waals surface area contributed by atoms with Crippen LogP contribution in [0.15, 0.2) is 6.20 Å². The number of rotatable bonds is 8. The number of carbonyl (C=O) groups excluding carboxylic acids is 1. The van der Waals surface area contributed by atoms with Crippen LogP contribution in [0.5, 0.6) is 0 Å². The molecule has 24 heavy (non-hydrogen) atoms. The minimum absolute atomic E-state index is 0.00712. The number of esters is 1. The Morgan fingerprint density at radius 1 is 1.58 bits per heavy atom. The lowest BCUT2D eigenvalue weighted by Crippen LogP contribution is -2.26. The Hall–Kier alpha value is -1.78. The predicted octanol–water partition coefficient (Wildman–Crippen LogP) is -0.361. The molecule has 0 amide bonds. The van der Waals surface area contributed by atoms with Crippen molar-refractivity contribution >= 4 is 28.8 Å². The van der Waals surface area contributed by atoms with Gasteiger partial charge in [-0.15, -0.1) is 0 Å². The van der Waals surface area contributed by atoms with Gasteiger partial charge in [0.1, 0.15) is 5.82 Å². The first-order valence-corrected chi connectivity index (χ1v) is 8.84. The van der Waals surface area contributed by atoms with E-state index in [1.54, 1.807) is 6.20 Å². The number of hydrogen-bond donors (Lipinski definition) is 1. The lowest BCUT2D eigenvalue weighted by Gasteiger charge is -2.21. The van der Waals surface area contributed by atoms with Gasteiger partial charge in [-0.25, -0.2) is 4.98 Å². The molecule has 0 radical (unpaired) electrons. The maximum Gasteiger partial charge on any atom is 0.307 e. The molecule has 10 heteroatoms. The molecule has 1 saturated heterocycles. The molecule has 1 aromatic rings. The maximum atomic E-state index is 11.1. The normalized spacial score (nSPS) is 18.6. The van der Waals surface area contributed by atoms with Crippen molar-refractivity contribution in [3.05, 3.63) is 11.8 Å². The van der Waals surface area contributed by atoms with E-state index in [1.807, 2.05) is 4.90 Å². The number of aryl methyl sites for hydroxylation is 1. The number of nitrogen functional groups attached to an aromatic ring is 1. The van der Waals surface area contributed by atoms with E-state index in [2.05, 4.69) is 14.7 Å². The number of ether oxygens (including phenoxy) is 2. The summed E-state index contributed by atoms with van der Waals surface area (Å²) >= 11 is -2.12. The molecule has 0 aliphatic carbocycles. The Balaban J connectivity index is 1.95. The van der Waals surface area contributed by atoms with E-state index < -0.39 is 11.1 Å². The van der Waals surface area contributed by atoms with Crippen molar-refractivity contribution in [2.45, 2.75) is 25.4 Å². The molecule has 134 valence electrons. The van der Waals surface area contributed by atoms with Gasteiger partial charge in [-0.1, -0.05) is 11.1 Å². The van der Waals surface area contributed by atoms with Crippen LogP contribution in [0.25, 0.3) is 0 Å². The summed E-state index contributed by atoms with van der Waals surface area (Å²) in [5.41, 5.74) is 6.40. The molecule has 1 aliphatic heterocycles. The zero-order valence-electron chi connectivity index (χ0n) is 13.5. The van der Waals surface area contributed by atoms with Gasteiger partial charge in [-0.2, -0.15) is 4.98 Å². The average molecular weight is 357 g/mol. The second-order valence-electron chi connectivity index (χ2n) is 5.39. The number of methoxy groups -OCH3 is 1. The van der Waals surface area contributed by atoms with Gasteiger partial charge in [0.05, 0.1) is 26.2 Å². The molecule has 2 heterocycles. The summed E-state index contributed by atoms with van der Waals surface area (Å²) in [6.45, 7) is 1.62. The lowest BCUT2D eigenvalue weighted by molar-refractivity contribution is -0.142. The zero-order chi connectivity index (χ0) is 17.5. The number of hydrogen-bond acceptors (Lipinski definition) is 9. The number of aromatic nitrogens is 2. The van der Waals surface area contributed by atoms with E-state index in [1.165, 1.54) is 7.11 Å². The summed E-state index contributed by atoms with van der Waals surface area (Å²) in [6, 6.07) is 0. The number of nitrogens with zero attached hydrogens (tertiary/aromatic N) is 3. The molecule has 9 nitrogen and oxygen atoms in total. The SMILES string of the molecule is COC(=O)CCO[C@H]1CCN(c2nc(N)ncc2CCS(=O)[O-])C1. The third-order valence-corrected chi connectivity index (χ3v) is 4.27. The molecule has 0 saturated carbocycles. The molecule has 0 aromatic carbocycles. The Kier molecular flexibility index (Phi) is 6.88. The lowest BCUT2D eigenvalue weighted by atomic mass is 10.2. The highest BCUT2D eigenvalue weighted by atomic mass is 32.2. The molecule has 2 N–H and O–H groups in total. The van der Waals surface area contributed by atoms with Crippen LogP contribution in [-0.2, 0) is 31.8 Å². The molecule has 1 fully saturated rings. The summed E-state index contributed by atoms with van der Waals surface area (Å²) in [5.74, 6) is 0.494. The fourth-order valence-corrected chi connectivity index (χ4v) is 2.91. The fraction of sp³-hybridized carbons (Fsp3) is 0.643. The Morgan fingerprint density at radius 2 is 2.38 bits per heavy atom. The smallest absolute Gasteiger partial charge is 0.307 e. The average Bonchev–Trinajstić information content (AvgIpc) is 3.02. The Labute approximate surface area is 142 Å². The van der Waals surface area contributed by atoms with E-state index in [9.17, 15) is 13.6 Å². The molecular weight excluding hydrogens is 336 g/mol. The highest BCUT2D eigenvalue weighted by Gasteiger charge is 2.26. The largest absolute Gasteiger partial charge is 0.772 e. The number of carbonyl (C=O) groups is 1. The first kappa shape index (κ1) is 18.6. The van der Waals surface area contributed by atoms with Crippen molar-refractivity contribution in [1.82, 2.24) is 9.97 Å². The van der Waals surface area contributed by atoms with Crippen LogP contribution in [0.3, 0.4) is 0 Å². The van der Waals surface area contributed by atoms with Crippen LogP contribution in [0.1, 0.15) is 18.4 Å². The van der Waals surface area contributed by atoms with Crippen LogP contribution in [0.2, 0.25) is 0 Å². The van der Waals surface area contributed by atoms with Crippen LogP contribution < -0.4 is 10.6 Å². The van der Waals surface area contributed by atoms with Gasteiger partial charge in [0.2, 0.25) is 5.95 Å². The molecule has 2 rings (SSSR count). The summed E-state index contributed by atoms with van der Waals surface area (Å²) < 4.78 is 31.8. The highest BCUT2D eigenvalue weighted by Crippen LogP contribution is 2.24. The molecule has 1 unspecified atom stereocenters. The van der Waals surface area contributed by atoms with Crippen LogP contribution in [-0.4, -0.2) is 63.4 Å². The maximum absolute atomic E-state index is 11.1. The standard InChI is InChI=1S/C14H22N4O5S/c1-22-12(19)3-6-23-11-2-5-18(9-11)13-10(4-7-24(20)21)8-16-14(15)17-13/h8,11H,2-7,9H2,1H3,(H,20,21)(H2,15,16,17)/p-1/t11-/m0/s1. The molecule has 1 aromatic heterocycles. The first-order valence-electron chi connectivity index (χ1n) is 7.60. The fourth-order valence-electron chi connectivity index (χ4n) is 2.52. The summed E-state index contributed by atoms with van der Waals surface area (Å²) in [7, 11) is 1.34. The van der Waals surface area contributed by atoms with Crippen molar-refractivity contribution < 1.29 is 23.0 Å². The minimum Gasteiger partial charge on any atom is -0.772 e. The monoisotopic (exact) mass is 357 g/mol. The van der Waals surface area contributed by atoms with Crippen molar-refractivity contribution in [3.8, 4) is 0 Å². The van der Waals surface area contributed by atoms with E-state index in [-0.39, 0.29) is 30.2 Å². The van der Waals surface area contributed by atoms with Crippen LogP contribution in [0, 0.1) is 0 Å². The van der Waals surface area contributed by atoms with E-state index in [0.717, 1.165) is 12.0 Å². The van der Waals surface area contributed by atoms with Gasteiger partial charge in [0.25, 0.3) is 0 Å². The Bertz CT molecular complexity index is 601. The van der Waals surface area contributed by atoms with Gasteiger partial charge in [0.15, 0.2) is 0 Å². The third-order valence-electron chi connectivity index (χ3n) is 3.73. The van der Waals surface area contributed by atoms with E-state index in [0.29, 0.717) is 31.9 Å². The van der Waals surface area contributed by atoms with Gasteiger partial charge < -0.3 is 24.7 Å². The second-order valence-corrected chi connectivity index (χ2v) is 6.40. The van der Waals surface area contributed by atoms with Crippen LogP contribution in [0.4, 0.5) is 11.8 Å². The van der Waals surface area contributed by atoms with Crippen LogP contribution >= 0.6 is 0 Å². The highest BCUT2D eigenvalue weighted by molar-refractivity contribution is 7.79. The van der Waals surface area contributed by atoms with Crippen molar-refractivity contribution in [2.75, 3.05) is 43.2 Å². The summed E-state index contributed by atoms with van der Waals surface area (Å²) in [4.78, 5) is 21.3. The first-order chi connectivity index (χ1) is 11.5. The molecule has 0 spiro atoms. The van der Waals surface area contributed by atoms with Crippen molar-refractivity contribution in [1.29, 1.82) is 0 Å². The predicted molar refractivity (Wildman–Crippen MR) is 87.1 cm³/mol. The second kappa shape index (κ2) is 8.90. The minimum atomic E-state index is -2.12. The molecule has 0 bridgehead atoms. The topological polar surface area (TPSA) is 131 Å².